The molecule has 1 aliphatic rings. The molecule has 1 N–H and O–H groups in total. The first-order chi connectivity index (χ1) is 8.87. The topological polar surface area (TPSA) is 24.5 Å². The zero-order valence-corrected chi connectivity index (χ0v) is 13.7. The van der Waals surface area contributed by atoms with Crippen LogP contribution in [0.2, 0.25) is 0 Å². The molecule has 0 spiro atoms. The van der Waals surface area contributed by atoms with Crippen LogP contribution >= 0.6 is 0 Å². The lowest BCUT2D eigenvalue weighted by Crippen LogP contribution is -2.42. The van der Waals surface area contributed by atoms with E-state index in [2.05, 4.69) is 44.8 Å². The fourth-order valence-corrected chi connectivity index (χ4v) is 2.58. The van der Waals surface area contributed by atoms with E-state index in [0.717, 1.165) is 31.5 Å². The lowest BCUT2D eigenvalue weighted by molar-refractivity contribution is -0.0170. The largest absolute Gasteiger partial charge is 0.375 e. The number of hydrogen-bond acceptors (Lipinski definition) is 3. The van der Waals surface area contributed by atoms with E-state index in [1.807, 2.05) is 0 Å². The second kappa shape index (κ2) is 8.23. The van der Waals surface area contributed by atoms with Gasteiger partial charge in [-0.05, 0) is 65.1 Å². The van der Waals surface area contributed by atoms with Crippen LogP contribution in [0.4, 0.5) is 0 Å². The molecule has 0 saturated carbocycles. The zero-order chi connectivity index (χ0) is 14.3. The average Bonchev–Trinajstić information content (AvgIpc) is 2.27. The van der Waals surface area contributed by atoms with E-state index in [9.17, 15) is 0 Å². The van der Waals surface area contributed by atoms with Gasteiger partial charge in [-0.15, -0.1) is 0 Å². The maximum Gasteiger partial charge on any atom is 0.0600 e. The second-order valence-corrected chi connectivity index (χ2v) is 7.32. The van der Waals surface area contributed by atoms with E-state index in [1.54, 1.807) is 0 Å². The summed E-state index contributed by atoms with van der Waals surface area (Å²) < 4.78 is 5.82. The van der Waals surface area contributed by atoms with Gasteiger partial charge in [-0.3, -0.25) is 0 Å². The molecule has 19 heavy (non-hydrogen) atoms. The van der Waals surface area contributed by atoms with E-state index in [1.165, 1.54) is 32.5 Å². The fourth-order valence-electron chi connectivity index (χ4n) is 2.58. The molecule has 114 valence electrons. The number of rotatable bonds is 7. The van der Waals surface area contributed by atoms with Crippen molar-refractivity contribution in [2.24, 2.45) is 11.8 Å². The van der Waals surface area contributed by atoms with Gasteiger partial charge in [0.25, 0.3) is 0 Å². The van der Waals surface area contributed by atoms with Crippen LogP contribution < -0.4 is 5.32 Å². The third-order valence-electron chi connectivity index (χ3n) is 3.53. The number of ether oxygens (including phenoxy) is 1. The molecule has 0 amide bonds. The standard InChI is InChI=1S/C16H34N2O/c1-14(2)11-17-12-15-7-6-8-18(13-15)9-10-19-16(3,4)5/h14-15,17H,6-13H2,1-5H3. The number of nitrogens with zero attached hydrogens (tertiary/aromatic N) is 1. The first-order valence-corrected chi connectivity index (χ1v) is 7.94. The van der Waals surface area contributed by atoms with Gasteiger partial charge in [0.1, 0.15) is 0 Å². The minimum absolute atomic E-state index is 0.00594. The summed E-state index contributed by atoms with van der Waals surface area (Å²) in [5.41, 5.74) is -0.00594. The molecular weight excluding hydrogens is 236 g/mol. The summed E-state index contributed by atoms with van der Waals surface area (Å²) in [5, 5.41) is 3.60. The Hall–Kier alpha value is -0.120. The molecule has 1 rings (SSSR count). The van der Waals surface area contributed by atoms with Gasteiger partial charge < -0.3 is 15.0 Å². The van der Waals surface area contributed by atoms with E-state index in [-0.39, 0.29) is 5.60 Å². The normalized spacial score (nSPS) is 22.1. The minimum Gasteiger partial charge on any atom is -0.375 e. The molecule has 1 fully saturated rings. The molecule has 0 aromatic rings. The Morgan fingerprint density at radius 3 is 2.68 bits per heavy atom. The SMILES string of the molecule is CC(C)CNCC1CCCN(CCOC(C)(C)C)C1. The van der Waals surface area contributed by atoms with Crippen molar-refractivity contribution in [2.45, 2.75) is 53.1 Å². The number of nitrogens with one attached hydrogen (secondary N) is 1. The molecule has 3 heteroatoms. The smallest absolute Gasteiger partial charge is 0.0600 e. The predicted octanol–water partition coefficient (Wildman–Crippen LogP) is 2.76. The number of likely N-dealkylation sites (tertiary alicyclic amines) is 1. The van der Waals surface area contributed by atoms with Gasteiger partial charge >= 0.3 is 0 Å². The lowest BCUT2D eigenvalue weighted by atomic mass is 9.98. The van der Waals surface area contributed by atoms with Crippen molar-refractivity contribution in [1.82, 2.24) is 10.2 Å². The Morgan fingerprint density at radius 2 is 2.05 bits per heavy atom. The van der Waals surface area contributed by atoms with Crippen LogP contribution in [0.5, 0.6) is 0 Å². The minimum atomic E-state index is -0.00594. The average molecular weight is 270 g/mol. The van der Waals surface area contributed by atoms with Crippen molar-refractivity contribution >= 4 is 0 Å². The monoisotopic (exact) mass is 270 g/mol. The third-order valence-corrected chi connectivity index (χ3v) is 3.53. The van der Waals surface area contributed by atoms with Gasteiger partial charge in [0.2, 0.25) is 0 Å². The maximum absolute atomic E-state index is 5.82. The number of hydrogen-bond donors (Lipinski definition) is 1. The summed E-state index contributed by atoms with van der Waals surface area (Å²) in [7, 11) is 0. The summed E-state index contributed by atoms with van der Waals surface area (Å²) in [5.74, 6) is 1.57. The summed E-state index contributed by atoms with van der Waals surface area (Å²) in [4.78, 5) is 2.57. The maximum atomic E-state index is 5.82. The van der Waals surface area contributed by atoms with Crippen molar-refractivity contribution in [3.05, 3.63) is 0 Å². The highest BCUT2D eigenvalue weighted by Gasteiger charge is 2.20. The molecule has 0 radical (unpaired) electrons. The molecule has 0 bridgehead atoms. The van der Waals surface area contributed by atoms with Gasteiger partial charge in [0.15, 0.2) is 0 Å². The first kappa shape index (κ1) is 16.9. The zero-order valence-electron chi connectivity index (χ0n) is 13.7. The van der Waals surface area contributed by atoms with E-state index in [4.69, 9.17) is 4.74 Å². The molecule has 1 aliphatic heterocycles. The predicted molar refractivity (Wildman–Crippen MR) is 82.6 cm³/mol. The van der Waals surface area contributed by atoms with Crippen molar-refractivity contribution in [1.29, 1.82) is 0 Å². The van der Waals surface area contributed by atoms with Crippen LogP contribution in [-0.4, -0.2) is 49.8 Å². The van der Waals surface area contributed by atoms with Gasteiger partial charge in [-0.2, -0.15) is 0 Å². The quantitative estimate of drug-likeness (QED) is 0.770. The Balaban J connectivity index is 2.15. The van der Waals surface area contributed by atoms with Gasteiger partial charge in [-0.1, -0.05) is 13.8 Å². The van der Waals surface area contributed by atoms with Crippen LogP contribution in [0.25, 0.3) is 0 Å². The van der Waals surface area contributed by atoms with Gasteiger partial charge in [-0.25, -0.2) is 0 Å². The van der Waals surface area contributed by atoms with Crippen molar-refractivity contribution < 1.29 is 4.74 Å². The first-order valence-electron chi connectivity index (χ1n) is 7.94. The molecule has 0 aromatic carbocycles. The fraction of sp³-hybridized carbons (Fsp3) is 1.00. The summed E-state index contributed by atoms with van der Waals surface area (Å²) in [6, 6.07) is 0. The van der Waals surface area contributed by atoms with E-state index in [0.29, 0.717) is 0 Å². The molecule has 0 aliphatic carbocycles. The number of piperidine rings is 1. The van der Waals surface area contributed by atoms with Gasteiger partial charge in [0.05, 0.1) is 12.2 Å². The third kappa shape index (κ3) is 8.61. The van der Waals surface area contributed by atoms with Crippen molar-refractivity contribution in [2.75, 3.05) is 39.3 Å². The Kier molecular flexibility index (Phi) is 7.33. The summed E-state index contributed by atoms with van der Waals surface area (Å²) in [6.07, 6.45) is 2.71. The highest BCUT2D eigenvalue weighted by Crippen LogP contribution is 2.16. The lowest BCUT2D eigenvalue weighted by Gasteiger charge is -2.33. The Bertz CT molecular complexity index is 235. The summed E-state index contributed by atoms with van der Waals surface area (Å²) in [6.45, 7) is 17.7. The van der Waals surface area contributed by atoms with Crippen LogP contribution in [0.15, 0.2) is 0 Å². The van der Waals surface area contributed by atoms with Crippen LogP contribution in [0.1, 0.15) is 47.5 Å². The van der Waals surface area contributed by atoms with Crippen LogP contribution in [0.3, 0.4) is 0 Å². The van der Waals surface area contributed by atoms with E-state index < -0.39 is 0 Å². The highest BCUT2D eigenvalue weighted by molar-refractivity contribution is 4.75. The van der Waals surface area contributed by atoms with Crippen LogP contribution in [0, 0.1) is 11.8 Å². The van der Waals surface area contributed by atoms with Gasteiger partial charge in [0, 0.05) is 13.1 Å². The van der Waals surface area contributed by atoms with Crippen molar-refractivity contribution in [3.8, 4) is 0 Å². The van der Waals surface area contributed by atoms with Crippen LogP contribution in [-0.2, 0) is 4.74 Å². The Morgan fingerprint density at radius 1 is 1.32 bits per heavy atom. The molecule has 3 nitrogen and oxygen atoms in total. The molecule has 1 saturated heterocycles. The second-order valence-electron chi connectivity index (χ2n) is 7.32. The highest BCUT2D eigenvalue weighted by atomic mass is 16.5. The molecule has 1 atom stereocenters. The molecular formula is C16H34N2O. The Labute approximate surface area is 120 Å². The molecule has 1 unspecified atom stereocenters. The molecule has 1 heterocycles. The van der Waals surface area contributed by atoms with Crippen molar-refractivity contribution in [3.63, 3.8) is 0 Å². The molecule has 0 aromatic heterocycles. The summed E-state index contributed by atoms with van der Waals surface area (Å²) >= 11 is 0. The van der Waals surface area contributed by atoms with E-state index >= 15 is 0 Å².